The third-order valence-corrected chi connectivity index (χ3v) is 5.90. The molecule has 0 saturated carbocycles. The van der Waals surface area contributed by atoms with Gasteiger partial charge >= 0.3 is 5.97 Å². The molecular formula is C26H25Cl2NO3. The van der Waals surface area contributed by atoms with Crippen LogP contribution in [-0.2, 0) is 4.74 Å². The lowest BCUT2D eigenvalue weighted by Gasteiger charge is -2.30. The molecule has 3 atom stereocenters. The smallest absolute Gasteiger partial charge is 0.338 e. The van der Waals surface area contributed by atoms with Crippen molar-refractivity contribution in [2.75, 3.05) is 6.54 Å². The van der Waals surface area contributed by atoms with Gasteiger partial charge in [0.1, 0.15) is 6.10 Å². The summed E-state index contributed by atoms with van der Waals surface area (Å²) in [5, 5.41) is 4.05. The molecule has 0 fully saturated rings. The maximum atomic E-state index is 12.8. The first-order chi connectivity index (χ1) is 15.3. The van der Waals surface area contributed by atoms with Crippen molar-refractivity contribution in [1.29, 1.82) is 0 Å². The van der Waals surface area contributed by atoms with E-state index in [0.717, 1.165) is 5.56 Å². The van der Waals surface area contributed by atoms with E-state index in [9.17, 15) is 9.59 Å². The highest BCUT2D eigenvalue weighted by Gasteiger charge is 2.29. The number of benzene rings is 3. The van der Waals surface area contributed by atoms with E-state index in [-0.39, 0.29) is 17.7 Å². The fourth-order valence-electron chi connectivity index (χ4n) is 3.51. The molecule has 1 N–H and O–H groups in total. The van der Waals surface area contributed by atoms with Gasteiger partial charge in [-0.3, -0.25) is 4.79 Å². The zero-order valence-corrected chi connectivity index (χ0v) is 19.4. The Kier molecular flexibility index (Phi) is 8.32. The van der Waals surface area contributed by atoms with Crippen LogP contribution in [0.3, 0.4) is 0 Å². The van der Waals surface area contributed by atoms with Crippen LogP contribution in [0.2, 0.25) is 10.0 Å². The Balaban J connectivity index is 1.74. The summed E-state index contributed by atoms with van der Waals surface area (Å²) in [7, 11) is 0. The number of hydrogen-bond donors (Lipinski definition) is 1. The predicted octanol–water partition coefficient (Wildman–Crippen LogP) is 6.39. The molecule has 1 amide bonds. The minimum Gasteiger partial charge on any atom is -0.458 e. The Morgan fingerprint density at radius 2 is 1.34 bits per heavy atom. The Labute approximate surface area is 198 Å². The summed E-state index contributed by atoms with van der Waals surface area (Å²) in [6.07, 6.45) is -0.453. The number of carbonyl (C=O) groups is 2. The Hall–Kier alpha value is -2.82. The molecule has 0 spiro atoms. The van der Waals surface area contributed by atoms with E-state index in [1.807, 2.05) is 44.2 Å². The molecule has 0 aliphatic carbocycles. The number of carbonyl (C=O) groups excluding carboxylic acids is 2. The van der Waals surface area contributed by atoms with Crippen LogP contribution < -0.4 is 5.32 Å². The SMILES string of the molecule is CC(CNC(=O)c1ccc(Cl)cc1)C(OC(=O)c1ccc(Cl)cc1)C(C)c1ccccc1. The van der Waals surface area contributed by atoms with Crippen LogP contribution in [0, 0.1) is 5.92 Å². The third kappa shape index (κ3) is 6.35. The van der Waals surface area contributed by atoms with E-state index in [0.29, 0.717) is 27.7 Å². The van der Waals surface area contributed by atoms with Gasteiger partial charge in [-0.2, -0.15) is 0 Å². The molecule has 0 radical (unpaired) electrons. The summed E-state index contributed by atoms with van der Waals surface area (Å²) in [6.45, 7) is 4.32. The maximum absolute atomic E-state index is 12.8. The standard InChI is InChI=1S/C26H25Cl2NO3/c1-17(16-29-25(30)20-8-12-22(27)13-9-20)24(18(2)19-6-4-3-5-7-19)32-26(31)21-10-14-23(28)15-11-21/h3-15,17-18,24H,16H2,1-2H3,(H,29,30). The number of esters is 1. The molecule has 0 saturated heterocycles. The fourth-order valence-corrected chi connectivity index (χ4v) is 3.76. The lowest BCUT2D eigenvalue weighted by molar-refractivity contribution is 0.00899. The predicted molar refractivity (Wildman–Crippen MR) is 128 cm³/mol. The van der Waals surface area contributed by atoms with E-state index in [4.69, 9.17) is 27.9 Å². The van der Waals surface area contributed by atoms with Crippen molar-refractivity contribution in [3.8, 4) is 0 Å². The van der Waals surface area contributed by atoms with Crippen molar-refractivity contribution in [2.45, 2.75) is 25.9 Å². The first-order valence-electron chi connectivity index (χ1n) is 10.4. The number of amides is 1. The Morgan fingerprint density at radius 3 is 1.91 bits per heavy atom. The van der Waals surface area contributed by atoms with Gasteiger partial charge in [0.2, 0.25) is 0 Å². The summed E-state index contributed by atoms with van der Waals surface area (Å²) >= 11 is 11.8. The second-order valence-corrected chi connectivity index (χ2v) is 8.64. The van der Waals surface area contributed by atoms with Crippen LogP contribution in [0.15, 0.2) is 78.9 Å². The van der Waals surface area contributed by atoms with E-state index in [2.05, 4.69) is 5.32 Å². The van der Waals surface area contributed by atoms with Gasteiger partial charge in [0, 0.05) is 34.0 Å². The fraction of sp³-hybridized carbons (Fsp3) is 0.231. The first kappa shape index (κ1) is 23.8. The summed E-state index contributed by atoms with van der Waals surface area (Å²) in [4.78, 5) is 25.4. The Morgan fingerprint density at radius 1 is 0.812 bits per heavy atom. The van der Waals surface area contributed by atoms with Crippen molar-refractivity contribution >= 4 is 35.1 Å². The normalized spacial score (nSPS) is 13.6. The topological polar surface area (TPSA) is 55.4 Å². The highest BCUT2D eigenvalue weighted by Crippen LogP contribution is 2.28. The van der Waals surface area contributed by atoms with Gasteiger partial charge in [-0.15, -0.1) is 0 Å². The van der Waals surface area contributed by atoms with Gasteiger partial charge in [0.05, 0.1) is 5.56 Å². The van der Waals surface area contributed by atoms with Crippen LogP contribution in [0.1, 0.15) is 46.0 Å². The summed E-state index contributed by atoms with van der Waals surface area (Å²) in [5.74, 6) is -0.846. The summed E-state index contributed by atoms with van der Waals surface area (Å²) < 4.78 is 5.96. The van der Waals surface area contributed by atoms with Crippen molar-refractivity contribution in [3.05, 3.63) is 106 Å². The molecule has 0 heterocycles. The van der Waals surface area contributed by atoms with Gasteiger partial charge in [0.25, 0.3) is 5.91 Å². The van der Waals surface area contributed by atoms with Gasteiger partial charge < -0.3 is 10.1 Å². The minimum absolute atomic E-state index is 0.0742. The van der Waals surface area contributed by atoms with Gasteiger partial charge in [-0.1, -0.05) is 67.4 Å². The highest BCUT2D eigenvalue weighted by atomic mass is 35.5. The number of ether oxygens (including phenoxy) is 1. The summed E-state index contributed by atoms with van der Waals surface area (Å²) in [6, 6.07) is 23.2. The first-order valence-corrected chi connectivity index (χ1v) is 11.2. The average Bonchev–Trinajstić information content (AvgIpc) is 2.81. The molecule has 3 aromatic carbocycles. The van der Waals surface area contributed by atoms with Crippen LogP contribution in [0.5, 0.6) is 0 Å². The van der Waals surface area contributed by atoms with Crippen LogP contribution in [0.4, 0.5) is 0 Å². The van der Waals surface area contributed by atoms with Crippen molar-refractivity contribution in [3.63, 3.8) is 0 Å². The van der Waals surface area contributed by atoms with Crippen LogP contribution in [0.25, 0.3) is 0 Å². The monoisotopic (exact) mass is 469 g/mol. The molecule has 3 unspecified atom stereocenters. The van der Waals surface area contributed by atoms with Crippen LogP contribution in [-0.4, -0.2) is 24.5 Å². The lowest BCUT2D eigenvalue weighted by Crippen LogP contribution is -2.38. The largest absolute Gasteiger partial charge is 0.458 e. The molecule has 6 heteroatoms. The van der Waals surface area contributed by atoms with Crippen molar-refractivity contribution in [1.82, 2.24) is 5.32 Å². The molecule has 0 aliphatic heterocycles. The average molecular weight is 470 g/mol. The molecule has 0 aliphatic rings. The summed E-state index contributed by atoms with van der Waals surface area (Å²) in [5.41, 5.74) is 2.00. The number of nitrogens with one attached hydrogen (secondary N) is 1. The van der Waals surface area contributed by atoms with E-state index >= 15 is 0 Å². The Bertz CT molecular complexity index is 1040. The third-order valence-electron chi connectivity index (χ3n) is 5.39. The second-order valence-electron chi connectivity index (χ2n) is 7.77. The molecule has 3 aromatic rings. The van der Waals surface area contributed by atoms with E-state index < -0.39 is 12.1 Å². The number of hydrogen-bond acceptors (Lipinski definition) is 3. The molecule has 3 rings (SSSR count). The molecule has 166 valence electrons. The molecule has 32 heavy (non-hydrogen) atoms. The van der Waals surface area contributed by atoms with Crippen molar-refractivity contribution in [2.24, 2.45) is 5.92 Å². The molecular weight excluding hydrogens is 445 g/mol. The van der Waals surface area contributed by atoms with Crippen molar-refractivity contribution < 1.29 is 14.3 Å². The number of halogens is 2. The quantitative estimate of drug-likeness (QED) is 0.388. The highest BCUT2D eigenvalue weighted by molar-refractivity contribution is 6.31. The van der Waals surface area contributed by atoms with E-state index in [1.165, 1.54) is 0 Å². The lowest BCUT2D eigenvalue weighted by atomic mass is 9.87. The molecule has 4 nitrogen and oxygen atoms in total. The minimum atomic E-state index is -0.453. The molecule has 0 bridgehead atoms. The van der Waals surface area contributed by atoms with E-state index in [1.54, 1.807) is 48.5 Å². The van der Waals surface area contributed by atoms with Gasteiger partial charge in [-0.05, 0) is 54.1 Å². The van der Waals surface area contributed by atoms with Gasteiger partial charge in [-0.25, -0.2) is 4.79 Å². The maximum Gasteiger partial charge on any atom is 0.338 e. The van der Waals surface area contributed by atoms with Crippen LogP contribution >= 0.6 is 23.2 Å². The second kappa shape index (κ2) is 11.2. The van der Waals surface area contributed by atoms with Gasteiger partial charge in [0.15, 0.2) is 0 Å². The molecule has 0 aromatic heterocycles. The zero-order chi connectivity index (χ0) is 23.1. The number of rotatable bonds is 8. The zero-order valence-electron chi connectivity index (χ0n) is 17.9.